The Hall–Kier alpha value is -3.58. The van der Waals surface area contributed by atoms with Crippen molar-refractivity contribution in [2.75, 3.05) is 20.8 Å². The molecule has 0 atom stereocenters. The average molecular weight is 422 g/mol. The lowest BCUT2D eigenvalue weighted by Gasteiger charge is -2.13. The van der Waals surface area contributed by atoms with E-state index < -0.39 is 0 Å². The zero-order valence-corrected chi connectivity index (χ0v) is 17.7. The molecule has 0 fully saturated rings. The second kappa shape index (κ2) is 11.0. The van der Waals surface area contributed by atoms with Crippen LogP contribution in [0.5, 0.6) is 11.5 Å². The molecule has 0 aliphatic heterocycles. The first-order valence-electron chi connectivity index (χ1n) is 9.92. The highest BCUT2D eigenvalue weighted by molar-refractivity contribution is 5.93. The number of pyridine rings is 1. The van der Waals surface area contributed by atoms with Crippen LogP contribution < -0.4 is 20.3 Å². The Kier molecular flexibility index (Phi) is 7.84. The molecule has 1 N–H and O–H groups in total. The number of nitrogens with one attached hydrogen (secondary N) is 1. The van der Waals surface area contributed by atoms with Gasteiger partial charge >= 0.3 is 0 Å². The number of carbonyl (C=O) groups is 1. The van der Waals surface area contributed by atoms with Gasteiger partial charge in [0.05, 0.1) is 19.3 Å². The van der Waals surface area contributed by atoms with Crippen LogP contribution in [0.3, 0.4) is 0 Å². The van der Waals surface area contributed by atoms with Gasteiger partial charge < -0.3 is 24.1 Å². The molecule has 0 spiro atoms. The highest BCUT2D eigenvalue weighted by atomic mass is 16.5. The molecule has 3 aromatic rings. The predicted octanol–water partition coefficient (Wildman–Crippen LogP) is 3.01. The molecular weight excluding hydrogens is 396 g/mol. The number of nitrogens with zero attached hydrogens (tertiary/aromatic N) is 1. The number of rotatable bonds is 10. The molecule has 3 rings (SSSR count). The van der Waals surface area contributed by atoms with E-state index in [1.807, 2.05) is 48.5 Å². The monoisotopic (exact) mass is 422 g/mol. The summed E-state index contributed by atoms with van der Waals surface area (Å²) in [7, 11) is 3.14. The highest BCUT2D eigenvalue weighted by Gasteiger charge is 2.10. The van der Waals surface area contributed by atoms with Gasteiger partial charge in [0.2, 0.25) is 0 Å². The van der Waals surface area contributed by atoms with Gasteiger partial charge in [0.1, 0.15) is 6.61 Å². The average Bonchev–Trinajstić information content (AvgIpc) is 2.81. The Labute approximate surface area is 181 Å². The van der Waals surface area contributed by atoms with Crippen molar-refractivity contribution in [3.05, 3.63) is 93.9 Å². The van der Waals surface area contributed by atoms with E-state index in [0.717, 1.165) is 11.1 Å². The van der Waals surface area contributed by atoms with Crippen LogP contribution in [0.15, 0.2) is 71.7 Å². The number of methoxy groups -OCH3 is 2. The number of carbonyl (C=O) groups excluding carboxylic acids is 1. The van der Waals surface area contributed by atoms with Gasteiger partial charge in [-0.25, -0.2) is 0 Å². The van der Waals surface area contributed by atoms with Gasteiger partial charge in [-0.3, -0.25) is 9.59 Å². The highest BCUT2D eigenvalue weighted by Crippen LogP contribution is 2.28. The largest absolute Gasteiger partial charge is 0.493 e. The molecule has 1 aromatic heterocycles. The summed E-state index contributed by atoms with van der Waals surface area (Å²) < 4.78 is 17.8. The van der Waals surface area contributed by atoms with Crippen LogP contribution in [0.4, 0.5) is 0 Å². The molecular formula is C24H26N2O5. The van der Waals surface area contributed by atoms with Crippen molar-refractivity contribution in [3.63, 3.8) is 0 Å². The molecule has 1 heterocycles. The van der Waals surface area contributed by atoms with Gasteiger partial charge in [0.25, 0.3) is 11.5 Å². The van der Waals surface area contributed by atoms with Crippen LogP contribution >= 0.6 is 0 Å². The van der Waals surface area contributed by atoms with E-state index in [2.05, 4.69) is 5.32 Å². The van der Waals surface area contributed by atoms with E-state index in [1.54, 1.807) is 14.2 Å². The van der Waals surface area contributed by atoms with Crippen molar-refractivity contribution >= 4 is 5.91 Å². The second-order valence-electron chi connectivity index (χ2n) is 6.88. The minimum absolute atomic E-state index is 0.176. The molecule has 0 radical (unpaired) electrons. The number of aromatic nitrogens is 1. The van der Waals surface area contributed by atoms with Crippen molar-refractivity contribution < 1.29 is 19.0 Å². The Morgan fingerprint density at radius 3 is 2.52 bits per heavy atom. The first-order chi connectivity index (χ1) is 15.1. The summed E-state index contributed by atoms with van der Waals surface area (Å²) in [5, 5.41) is 2.86. The zero-order valence-electron chi connectivity index (χ0n) is 17.7. The zero-order chi connectivity index (χ0) is 22.1. The number of benzene rings is 2. The molecule has 0 aliphatic carbocycles. The molecule has 0 saturated carbocycles. The van der Waals surface area contributed by atoms with E-state index in [-0.39, 0.29) is 11.5 Å². The summed E-state index contributed by atoms with van der Waals surface area (Å²) in [6, 6.07) is 18.3. The van der Waals surface area contributed by atoms with Crippen LogP contribution in [0.25, 0.3) is 0 Å². The summed E-state index contributed by atoms with van der Waals surface area (Å²) in [6.45, 7) is 1.53. The number of ether oxygens (including phenoxy) is 3. The van der Waals surface area contributed by atoms with E-state index >= 15 is 0 Å². The third-order valence-electron chi connectivity index (χ3n) is 4.70. The Morgan fingerprint density at radius 2 is 1.77 bits per heavy atom. The SMILES string of the molecule is COCCn1cc(C(=O)NCc2ccc(OCc3ccccc3)c(OC)c2)ccc1=O. The molecule has 0 saturated heterocycles. The maximum absolute atomic E-state index is 12.5. The molecule has 31 heavy (non-hydrogen) atoms. The van der Waals surface area contributed by atoms with Crippen LogP contribution in [0, 0.1) is 0 Å². The van der Waals surface area contributed by atoms with Crippen LogP contribution in [0.1, 0.15) is 21.5 Å². The fraction of sp³-hybridized carbons (Fsp3) is 0.250. The van der Waals surface area contributed by atoms with E-state index in [0.29, 0.717) is 43.4 Å². The van der Waals surface area contributed by atoms with Gasteiger partial charge in [-0.1, -0.05) is 36.4 Å². The lowest BCUT2D eigenvalue weighted by molar-refractivity contribution is 0.0949. The number of amides is 1. The smallest absolute Gasteiger partial charge is 0.253 e. The second-order valence-corrected chi connectivity index (χ2v) is 6.88. The van der Waals surface area contributed by atoms with E-state index in [4.69, 9.17) is 14.2 Å². The van der Waals surface area contributed by atoms with Crippen LogP contribution in [-0.4, -0.2) is 31.3 Å². The van der Waals surface area contributed by atoms with Crippen LogP contribution in [0.2, 0.25) is 0 Å². The summed E-state index contributed by atoms with van der Waals surface area (Å²) in [6.07, 6.45) is 1.54. The summed E-state index contributed by atoms with van der Waals surface area (Å²) in [4.78, 5) is 24.4. The predicted molar refractivity (Wildman–Crippen MR) is 118 cm³/mol. The molecule has 1 amide bonds. The van der Waals surface area contributed by atoms with Gasteiger partial charge in [0, 0.05) is 32.5 Å². The lowest BCUT2D eigenvalue weighted by atomic mass is 10.2. The molecule has 162 valence electrons. The van der Waals surface area contributed by atoms with Gasteiger partial charge in [-0.2, -0.15) is 0 Å². The molecule has 0 bridgehead atoms. The van der Waals surface area contributed by atoms with Crippen molar-refractivity contribution in [2.24, 2.45) is 0 Å². The van der Waals surface area contributed by atoms with Gasteiger partial charge in [0.15, 0.2) is 11.5 Å². The van der Waals surface area contributed by atoms with E-state index in [9.17, 15) is 9.59 Å². The summed E-state index contributed by atoms with van der Waals surface area (Å²) in [5.41, 5.74) is 2.16. The normalized spacial score (nSPS) is 10.5. The van der Waals surface area contributed by atoms with Gasteiger partial charge in [-0.15, -0.1) is 0 Å². The fourth-order valence-corrected chi connectivity index (χ4v) is 2.99. The molecule has 2 aromatic carbocycles. The summed E-state index contributed by atoms with van der Waals surface area (Å²) >= 11 is 0. The van der Waals surface area contributed by atoms with Crippen molar-refractivity contribution in [1.82, 2.24) is 9.88 Å². The van der Waals surface area contributed by atoms with Crippen molar-refractivity contribution in [3.8, 4) is 11.5 Å². The fourth-order valence-electron chi connectivity index (χ4n) is 2.99. The molecule has 0 aliphatic rings. The molecule has 7 nitrogen and oxygen atoms in total. The quantitative estimate of drug-likeness (QED) is 0.543. The lowest BCUT2D eigenvalue weighted by Crippen LogP contribution is -2.27. The minimum atomic E-state index is -0.269. The molecule has 0 unspecified atom stereocenters. The maximum Gasteiger partial charge on any atom is 0.253 e. The van der Waals surface area contributed by atoms with Crippen molar-refractivity contribution in [1.29, 1.82) is 0 Å². The van der Waals surface area contributed by atoms with E-state index in [1.165, 1.54) is 22.9 Å². The third kappa shape index (κ3) is 6.20. The minimum Gasteiger partial charge on any atom is -0.493 e. The standard InChI is InChI=1S/C24H26N2O5/c1-29-13-12-26-16-20(9-11-23(26)27)24(28)25-15-19-8-10-21(22(14-19)30-2)31-17-18-6-4-3-5-7-18/h3-11,14,16H,12-13,15,17H2,1-2H3,(H,25,28). The maximum atomic E-state index is 12.5. The molecule has 7 heteroatoms. The number of hydrogen-bond acceptors (Lipinski definition) is 5. The van der Waals surface area contributed by atoms with Crippen molar-refractivity contribution in [2.45, 2.75) is 19.7 Å². The Morgan fingerprint density at radius 1 is 0.968 bits per heavy atom. The van der Waals surface area contributed by atoms with Crippen LogP contribution in [-0.2, 0) is 24.4 Å². The topological polar surface area (TPSA) is 78.8 Å². The first kappa shape index (κ1) is 22.1. The number of hydrogen-bond donors (Lipinski definition) is 1. The first-order valence-corrected chi connectivity index (χ1v) is 9.92. The third-order valence-corrected chi connectivity index (χ3v) is 4.70. The van der Waals surface area contributed by atoms with Gasteiger partial charge in [-0.05, 0) is 29.3 Å². The summed E-state index contributed by atoms with van der Waals surface area (Å²) in [5.74, 6) is 0.956. The Balaban J connectivity index is 1.62. The Bertz CT molecular complexity index is 1060.